The van der Waals surface area contributed by atoms with Crippen molar-refractivity contribution < 1.29 is 14.7 Å². The van der Waals surface area contributed by atoms with Gasteiger partial charge in [-0.15, -0.1) is 0 Å². The van der Waals surface area contributed by atoms with Crippen LogP contribution in [0, 0.1) is 0 Å². The van der Waals surface area contributed by atoms with Crippen molar-refractivity contribution in [3.63, 3.8) is 0 Å². The number of carbonyl (C=O) groups excluding carboxylic acids is 2. The summed E-state index contributed by atoms with van der Waals surface area (Å²) in [5, 5.41) is 9.46. The van der Waals surface area contributed by atoms with Crippen LogP contribution < -0.4 is 0 Å². The summed E-state index contributed by atoms with van der Waals surface area (Å²) in [6.07, 6.45) is 1.79. The van der Waals surface area contributed by atoms with Gasteiger partial charge >= 0.3 is 0 Å². The van der Waals surface area contributed by atoms with Crippen molar-refractivity contribution in [2.24, 2.45) is 0 Å². The highest BCUT2D eigenvalue weighted by atomic mass is 16.3. The standard InChI is InChI=1S/C10H10O3/c1-2-8-3-7(5-11)4-9(6-12)10(8)13/h3-6,13H,2H2,1H3. The molecule has 1 aromatic carbocycles. The van der Waals surface area contributed by atoms with Crippen LogP contribution in [0.3, 0.4) is 0 Å². The maximum absolute atomic E-state index is 10.5. The molecule has 0 saturated heterocycles. The first-order chi connectivity index (χ1) is 6.22. The van der Waals surface area contributed by atoms with Gasteiger partial charge in [-0.2, -0.15) is 0 Å². The van der Waals surface area contributed by atoms with Crippen molar-refractivity contribution in [1.29, 1.82) is 0 Å². The molecule has 0 spiro atoms. The highest BCUT2D eigenvalue weighted by Crippen LogP contribution is 2.23. The number of carbonyl (C=O) groups is 2. The first-order valence-electron chi connectivity index (χ1n) is 3.99. The molecule has 0 aliphatic heterocycles. The topological polar surface area (TPSA) is 54.4 Å². The fourth-order valence-corrected chi connectivity index (χ4v) is 1.17. The van der Waals surface area contributed by atoms with Gasteiger partial charge in [-0.1, -0.05) is 6.92 Å². The molecule has 0 radical (unpaired) electrons. The number of hydrogen-bond donors (Lipinski definition) is 1. The second-order valence-electron chi connectivity index (χ2n) is 2.71. The lowest BCUT2D eigenvalue weighted by molar-refractivity contribution is 0.112. The quantitative estimate of drug-likeness (QED) is 0.715. The largest absolute Gasteiger partial charge is 0.507 e. The molecular formula is C10H10O3. The Balaban J connectivity index is 3.36. The van der Waals surface area contributed by atoms with Crippen LogP contribution in [-0.4, -0.2) is 17.7 Å². The molecule has 0 aromatic heterocycles. The first-order valence-corrected chi connectivity index (χ1v) is 3.99. The molecule has 0 fully saturated rings. The van der Waals surface area contributed by atoms with E-state index >= 15 is 0 Å². The van der Waals surface area contributed by atoms with Crippen LogP contribution in [-0.2, 0) is 6.42 Å². The highest BCUT2D eigenvalue weighted by molar-refractivity contribution is 5.85. The Hall–Kier alpha value is -1.64. The molecule has 0 unspecified atom stereocenters. The number of phenolic OH excluding ortho intramolecular Hbond substituents is 1. The predicted octanol–water partition coefficient (Wildman–Crippen LogP) is 1.58. The molecule has 0 aliphatic rings. The minimum absolute atomic E-state index is 0.0249. The van der Waals surface area contributed by atoms with Gasteiger partial charge in [-0.3, -0.25) is 9.59 Å². The van der Waals surface area contributed by atoms with Crippen LogP contribution >= 0.6 is 0 Å². The summed E-state index contributed by atoms with van der Waals surface area (Å²) in [5.41, 5.74) is 1.20. The molecule has 68 valence electrons. The number of aldehydes is 2. The van der Waals surface area contributed by atoms with Crippen molar-refractivity contribution in [2.45, 2.75) is 13.3 Å². The van der Waals surface area contributed by atoms with E-state index in [0.717, 1.165) is 0 Å². The van der Waals surface area contributed by atoms with Crippen LogP contribution in [0.4, 0.5) is 0 Å². The third-order valence-electron chi connectivity index (χ3n) is 1.88. The molecule has 3 nitrogen and oxygen atoms in total. The predicted molar refractivity (Wildman–Crippen MR) is 48.3 cm³/mol. The zero-order valence-corrected chi connectivity index (χ0v) is 7.28. The number of phenols is 1. The normalized spacial score (nSPS) is 9.62. The van der Waals surface area contributed by atoms with Gasteiger partial charge in [0.05, 0.1) is 5.56 Å². The van der Waals surface area contributed by atoms with Crippen molar-refractivity contribution in [1.82, 2.24) is 0 Å². The molecule has 0 bridgehead atoms. The number of hydrogen-bond acceptors (Lipinski definition) is 3. The fourth-order valence-electron chi connectivity index (χ4n) is 1.17. The van der Waals surface area contributed by atoms with Crippen LogP contribution in [0.2, 0.25) is 0 Å². The number of aryl methyl sites for hydroxylation is 1. The number of benzene rings is 1. The van der Waals surface area contributed by atoms with Crippen LogP contribution in [0.1, 0.15) is 33.2 Å². The van der Waals surface area contributed by atoms with E-state index in [0.29, 0.717) is 30.1 Å². The molecule has 1 N–H and O–H groups in total. The average Bonchev–Trinajstić information content (AvgIpc) is 2.18. The number of rotatable bonds is 3. The van der Waals surface area contributed by atoms with E-state index < -0.39 is 0 Å². The van der Waals surface area contributed by atoms with Gasteiger partial charge in [0.15, 0.2) is 6.29 Å². The Labute approximate surface area is 76.0 Å². The lowest BCUT2D eigenvalue weighted by Crippen LogP contribution is -1.92. The Morgan fingerprint density at radius 3 is 2.46 bits per heavy atom. The maximum atomic E-state index is 10.5. The summed E-state index contributed by atoms with van der Waals surface area (Å²) in [5.74, 6) is -0.0249. The molecule has 1 aromatic rings. The maximum Gasteiger partial charge on any atom is 0.153 e. The average molecular weight is 178 g/mol. The van der Waals surface area contributed by atoms with Gasteiger partial charge in [0, 0.05) is 5.56 Å². The van der Waals surface area contributed by atoms with Gasteiger partial charge in [-0.05, 0) is 24.1 Å². The Morgan fingerprint density at radius 1 is 1.31 bits per heavy atom. The van der Waals surface area contributed by atoms with Gasteiger partial charge in [-0.25, -0.2) is 0 Å². The number of aromatic hydroxyl groups is 1. The second kappa shape index (κ2) is 3.85. The van der Waals surface area contributed by atoms with Crippen LogP contribution in [0.5, 0.6) is 5.75 Å². The molecule has 0 atom stereocenters. The summed E-state index contributed by atoms with van der Waals surface area (Å²) in [6, 6.07) is 2.95. The van der Waals surface area contributed by atoms with Crippen molar-refractivity contribution in [3.8, 4) is 5.75 Å². The summed E-state index contributed by atoms with van der Waals surface area (Å²) < 4.78 is 0. The monoisotopic (exact) mass is 178 g/mol. The Morgan fingerprint density at radius 2 is 2.00 bits per heavy atom. The Kier molecular flexibility index (Phi) is 2.80. The molecule has 13 heavy (non-hydrogen) atoms. The fraction of sp³-hybridized carbons (Fsp3) is 0.200. The molecule has 0 heterocycles. The van der Waals surface area contributed by atoms with E-state index in [4.69, 9.17) is 0 Å². The van der Waals surface area contributed by atoms with E-state index in [1.807, 2.05) is 6.92 Å². The summed E-state index contributed by atoms with van der Waals surface area (Å²) in [4.78, 5) is 20.9. The molecule has 0 saturated carbocycles. The first kappa shape index (κ1) is 9.45. The Bertz CT molecular complexity index is 342. The lowest BCUT2D eigenvalue weighted by Gasteiger charge is -2.04. The van der Waals surface area contributed by atoms with Gasteiger partial charge in [0.25, 0.3) is 0 Å². The smallest absolute Gasteiger partial charge is 0.153 e. The highest BCUT2D eigenvalue weighted by Gasteiger charge is 2.07. The van der Waals surface area contributed by atoms with Gasteiger partial charge in [0.2, 0.25) is 0 Å². The van der Waals surface area contributed by atoms with Gasteiger partial charge < -0.3 is 5.11 Å². The van der Waals surface area contributed by atoms with E-state index in [2.05, 4.69) is 0 Å². The van der Waals surface area contributed by atoms with Gasteiger partial charge in [0.1, 0.15) is 12.0 Å². The second-order valence-corrected chi connectivity index (χ2v) is 2.71. The van der Waals surface area contributed by atoms with Crippen LogP contribution in [0.25, 0.3) is 0 Å². The molecule has 0 amide bonds. The van der Waals surface area contributed by atoms with E-state index in [9.17, 15) is 14.7 Å². The van der Waals surface area contributed by atoms with E-state index in [1.165, 1.54) is 6.07 Å². The molecule has 1 rings (SSSR count). The van der Waals surface area contributed by atoms with Crippen molar-refractivity contribution in [2.75, 3.05) is 0 Å². The zero-order chi connectivity index (χ0) is 9.84. The van der Waals surface area contributed by atoms with E-state index in [1.54, 1.807) is 6.07 Å². The lowest BCUT2D eigenvalue weighted by atomic mass is 10.0. The zero-order valence-electron chi connectivity index (χ0n) is 7.28. The SMILES string of the molecule is CCc1cc(C=O)cc(C=O)c1O. The summed E-state index contributed by atoms with van der Waals surface area (Å²) in [6.45, 7) is 1.85. The minimum atomic E-state index is -0.0249. The third-order valence-corrected chi connectivity index (χ3v) is 1.88. The minimum Gasteiger partial charge on any atom is -0.507 e. The van der Waals surface area contributed by atoms with E-state index in [-0.39, 0.29) is 11.3 Å². The third kappa shape index (κ3) is 1.75. The van der Waals surface area contributed by atoms with Crippen molar-refractivity contribution in [3.05, 3.63) is 28.8 Å². The summed E-state index contributed by atoms with van der Waals surface area (Å²) >= 11 is 0. The van der Waals surface area contributed by atoms with Crippen LogP contribution in [0.15, 0.2) is 12.1 Å². The molecular weight excluding hydrogens is 168 g/mol. The summed E-state index contributed by atoms with van der Waals surface area (Å²) in [7, 11) is 0. The van der Waals surface area contributed by atoms with Crippen molar-refractivity contribution >= 4 is 12.6 Å². The molecule has 0 aliphatic carbocycles. The molecule has 3 heteroatoms.